The Morgan fingerprint density at radius 2 is 1.56 bits per heavy atom. The lowest BCUT2D eigenvalue weighted by Crippen LogP contribution is -2.54. The van der Waals surface area contributed by atoms with Gasteiger partial charge in [0.05, 0.1) is 0 Å². The lowest BCUT2D eigenvalue weighted by atomic mass is 9.94. The second kappa shape index (κ2) is 14.7. The van der Waals surface area contributed by atoms with E-state index in [1.807, 2.05) is 60.7 Å². The number of rotatable bonds is 11. The van der Waals surface area contributed by atoms with Crippen molar-refractivity contribution in [3.05, 3.63) is 71.8 Å². The van der Waals surface area contributed by atoms with Crippen LogP contribution in [0.5, 0.6) is 0 Å². The third-order valence-corrected chi connectivity index (χ3v) is 6.93. The molecule has 0 radical (unpaired) electrons. The summed E-state index contributed by atoms with van der Waals surface area (Å²) in [5.41, 5.74) is 0.954. The zero-order valence-electron chi connectivity index (χ0n) is 23.9. The van der Waals surface area contributed by atoms with Gasteiger partial charge in [-0.1, -0.05) is 93.3 Å². The van der Waals surface area contributed by atoms with Crippen LogP contribution in [-0.2, 0) is 20.7 Å². The fourth-order valence-electron chi connectivity index (χ4n) is 5.03. The van der Waals surface area contributed by atoms with Crippen LogP contribution in [0.3, 0.4) is 0 Å². The minimum atomic E-state index is -0.896. The Morgan fingerprint density at radius 1 is 0.949 bits per heavy atom. The van der Waals surface area contributed by atoms with E-state index in [1.165, 1.54) is 6.42 Å². The van der Waals surface area contributed by atoms with Gasteiger partial charge in [-0.05, 0) is 51.2 Å². The largest absolute Gasteiger partial charge is 0.444 e. The van der Waals surface area contributed by atoms with E-state index in [1.54, 1.807) is 25.7 Å². The van der Waals surface area contributed by atoms with E-state index in [0.717, 1.165) is 49.7 Å². The molecule has 0 saturated heterocycles. The highest BCUT2D eigenvalue weighted by Gasteiger charge is 2.36. The van der Waals surface area contributed by atoms with Crippen LogP contribution >= 0.6 is 0 Å². The fraction of sp³-hybridized carbons (Fsp3) is 0.531. The molecule has 0 spiro atoms. The average Bonchev–Trinajstić information content (AvgIpc) is 2.91. The molecule has 212 valence electrons. The smallest absolute Gasteiger partial charge is 0.408 e. The molecule has 7 heteroatoms. The summed E-state index contributed by atoms with van der Waals surface area (Å²) < 4.78 is 5.51. The van der Waals surface area contributed by atoms with E-state index in [9.17, 15) is 14.4 Å². The van der Waals surface area contributed by atoms with Crippen LogP contribution in [-0.4, -0.2) is 47.0 Å². The van der Waals surface area contributed by atoms with E-state index in [-0.39, 0.29) is 24.3 Å². The first kappa shape index (κ1) is 30.2. The number of alkyl carbamates (subject to hydrolysis) is 1. The van der Waals surface area contributed by atoms with Crippen LogP contribution in [0, 0.1) is 0 Å². The number of benzene rings is 2. The molecule has 3 amide bonds. The topological polar surface area (TPSA) is 87.7 Å². The van der Waals surface area contributed by atoms with Gasteiger partial charge in [-0.2, -0.15) is 0 Å². The third kappa shape index (κ3) is 9.72. The molecule has 0 heterocycles. The minimum Gasteiger partial charge on any atom is -0.444 e. The summed E-state index contributed by atoms with van der Waals surface area (Å²) >= 11 is 0. The van der Waals surface area contributed by atoms with Crippen LogP contribution in [0.4, 0.5) is 4.79 Å². The molecule has 1 aliphatic carbocycles. The first-order valence-corrected chi connectivity index (χ1v) is 14.4. The molecule has 2 atom stereocenters. The van der Waals surface area contributed by atoms with E-state index >= 15 is 0 Å². The Kier molecular flexibility index (Phi) is 11.4. The highest BCUT2D eigenvalue weighted by atomic mass is 16.6. The van der Waals surface area contributed by atoms with Gasteiger partial charge in [0, 0.05) is 19.0 Å². The number of carbonyl (C=O) groups is 3. The molecular formula is C32H45N3O4. The molecule has 39 heavy (non-hydrogen) atoms. The van der Waals surface area contributed by atoms with Gasteiger partial charge in [0.25, 0.3) is 0 Å². The Morgan fingerprint density at radius 3 is 2.15 bits per heavy atom. The number of carbonyl (C=O) groups excluding carboxylic acids is 3. The molecule has 2 aromatic carbocycles. The Bertz CT molecular complexity index is 1050. The molecule has 1 fully saturated rings. The number of unbranched alkanes of at least 4 members (excludes halogenated alkanes) is 1. The van der Waals surface area contributed by atoms with Gasteiger partial charge < -0.3 is 20.3 Å². The summed E-state index contributed by atoms with van der Waals surface area (Å²) in [6.07, 6.45) is 6.50. The summed E-state index contributed by atoms with van der Waals surface area (Å²) in [6, 6.07) is 17.5. The maximum atomic E-state index is 14.3. The Balaban J connectivity index is 1.96. The predicted octanol–water partition coefficient (Wildman–Crippen LogP) is 5.94. The van der Waals surface area contributed by atoms with E-state index in [0.29, 0.717) is 6.54 Å². The van der Waals surface area contributed by atoms with E-state index in [2.05, 4.69) is 17.6 Å². The van der Waals surface area contributed by atoms with Gasteiger partial charge >= 0.3 is 6.09 Å². The first-order chi connectivity index (χ1) is 18.7. The minimum absolute atomic E-state index is 0.112. The predicted molar refractivity (Wildman–Crippen MR) is 154 cm³/mol. The van der Waals surface area contributed by atoms with Crippen molar-refractivity contribution in [1.82, 2.24) is 15.5 Å². The summed E-state index contributed by atoms with van der Waals surface area (Å²) in [5, 5.41) is 6.07. The summed E-state index contributed by atoms with van der Waals surface area (Å²) in [7, 11) is 0. The molecule has 2 N–H and O–H groups in total. The van der Waals surface area contributed by atoms with Gasteiger partial charge in [0.2, 0.25) is 11.8 Å². The quantitative estimate of drug-likeness (QED) is 0.373. The molecule has 7 nitrogen and oxygen atoms in total. The van der Waals surface area contributed by atoms with Crippen LogP contribution < -0.4 is 10.6 Å². The number of amides is 3. The fourth-order valence-corrected chi connectivity index (χ4v) is 5.03. The lowest BCUT2D eigenvalue weighted by Gasteiger charge is -2.36. The molecule has 1 aliphatic rings. The Hall–Kier alpha value is -3.35. The molecule has 3 rings (SSSR count). The van der Waals surface area contributed by atoms with Gasteiger partial charge in [-0.3, -0.25) is 9.59 Å². The molecule has 2 unspecified atom stereocenters. The second-order valence-electron chi connectivity index (χ2n) is 11.4. The monoisotopic (exact) mass is 535 g/mol. The maximum Gasteiger partial charge on any atom is 0.408 e. The van der Waals surface area contributed by atoms with Crippen molar-refractivity contribution in [3.63, 3.8) is 0 Å². The molecule has 0 bridgehead atoms. The zero-order valence-corrected chi connectivity index (χ0v) is 23.9. The van der Waals surface area contributed by atoms with Crippen LogP contribution in [0.2, 0.25) is 0 Å². The van der Waals surface area contributed by atoms with Crippen LogP contribution in [0.1, 0.15) is 89.8 Å². The van der Waals surface area contributed by atoms with Crippen molar-refractivity contribution >= 4 is 17.9 Å². The summed E-state index contributed by atoms with van der Waals surface area (Å²) in [5.74, 6) is -0.473. The van der Waals surface area contributed by atoms with E-state index < -0.39 is 23.8 Å². The van der Waals surface area contributed by atoms with Crippen molar-refractivity contribution in [2.45, 2.75) is 103 Å². The highest BCUT2D eigenvalue weighted by Crippen LogP contribution is 2.26. The van der Waals surface area contributed by atoms with Crippen molar-refractivity contribution in [2.75, 3.05) is 6.54 Å². The van der Waals surface area contributed by atoms with Crippen molar-refractivity contribution in [3.8, 4) is 0 Å². The molecule has 2 aromatic rings. The first-order valence-electron chi connectivity index (χ1n) is 14.4. The molecular weight excluding hydrogens is 490 g/mol. The number of hydrogen-bond donors (Lipinski definition) is 2. The van der Waals surface area contributed by atoms with Crippen molar-refractivity contribution in [1.29, 1.82) is 0 Å². The second-order valence-corrected chi connectivity index (χ2v) is 11.4. The standard InChI is InChI=1S/C32H45N3O4/c1-5-6-22-35(28(25-18-12-8-13-19-25)29(36)33-26-20-14-9-15-21-26)30(37)27(23-24-16-10-7-11-17-24)34-31(38)39-32(2,3)4/h7-8,10-13,16-19,26-28H,5-6,9,14-15,20-23H2,1-4H3,(H,33,36)(H,34,38). The maximum absolute atomic E-state index is 14.3. The van der Waals surface area contributed by atoms with Crippen LogP contribution in [0.15, 0.2) is 60.7 Å². The number of nitrogens with one attached hydrogen (secondary N) is 2. The van der Waals surface area contributed by atoms with Gasteiger partial charge in [0.15, 0.2) is 0 Å². The number of nitrogens with zero attached hydrogens (tertiary/aromatic N) is 1. The van der Waals surface area contributed by atoms with E-state index in [4.69, 9.17) is 4.74 Å². The third-order valence-electron chi connectivity index (χ3n) is 6.93. The summed E-state index contributed by atoms with van der Waals surface area (Å²) in [4.78, 5) is 42.7. The number of ether oxygens (including phenoxy) is 1. The summed E-state index contributed by atoms with van der Waals surface area (Å²) in [6.45, 7) is 7.82. The average molecular weight is 536 g/mol. The molecule has 0 aliphatic heterocycles. The molecule has 1 saturated carbocycles. The lowest BCUT2D eigenvalue weighted by molar-refractivity contribution is -0.143. The molecule has 0 aromatic heterocycles. The van der Waals surface area contributed by atoms with Gasteiger partial charge in [0.1, 0.15) is 17.7 Å². The zero-order chi connectivity index (χ0) is 28.3. The Labute approximate surface area is 233 Å². The van der Waals surface area contributed by atoms with Crippen molar-refractivity contribution in [2.24, 2.45) is 0 Å². The SMILES string of the molecule is CCCCN(C(=O)C(Cc1ccccc1)NC(=O)OC(C)(C)C)C(C(=O)NC1CCCCC1)c1ccccc1. The number of hydrogen-bond acceptors (Lipinski definition) is 4. The van der Waals surface area contributed by atoms with Gasteiger partial charge in [-0.25, -0.2) is 4.79 Å². The normalized spacial score (nSPS) is 15.6. The van der Waals surface area contributed by atoms with Crippen molar-refractivity contribution < 1.29 is 19.1 Å². The highest BCUT2D eigenvalue weighted by molar-refractivity contribution is 5.92. The van der Waals surface area contributed by atoms with Crippen LogP contribution in [0.25, 0.3) is 0 Å². The van der Waals surface area contributed by atoms with Gasteiger partial charge in [-0.15, -0.1) is 0 Å².